The Morgan fingerprint density at radius 3 is 2.88 bits per heavy atom. The van der Waals surface area contributed by atoms with Crippen molar-refractivity contribution < 1.29 is 9.53 Å². The number of amides is 1. The molecule has 0 aromatic heterocycles. The van der Waals surface area contributed by atoms with Crippen LogP contribution in [0.3, 0.4) is 0 Å². The number of piperidine rings is 1. The smallest absolute Gasteiger partial charge is 0.217 e. The van der Waals surface area contributed by atoms with Crippen molar-refractivity contribution in [2.45, 2.75) is 25.7 Å². The van der Waals surface area contributed by atoms with Crippen molar-refractivity contribution in [3.8, 4) is 5.75 Å². The number of nitrogens with zero attached hydrogens (tertiary/aromatic N) is 2. The van der Waals surface area contributed by atoms with Gasteiger partial charge in [0.2, 0.25) is 5.91 Å². The Balaban J connectivity index is 0.00000312. The molecule has 1 aliphatic rings. The van der Waals surface area contributed by atoms with E-state index in [2.05, 4.69) is 21.3 Å². The van der Waals surface area contributed by atoms with Crippen LogP contribution in [0.5, 0.6) is 5.75 Å². The molecule has 0 bridgehead atoms. The molecule has 3 N–H and O–H groups in total. The number of nitrogens with one attached hydrogen (secondary N) is 1. The normalized spacial score (nSPS) is 17.6. The minimum Gasteiger partial charge on any atom is -0.496 e. The molecule has 0 saturated carbocycles. The molecular formula is C18H29IN4O2. The van der Waals surface area contributed by atoms with Gasteiger partial charge in [0.1, 0.15) is 5.75 Å². The van der Waals surface area contributed by atoms with Crippen LogP contribution in [-0.4, -0.2) is 50.6 Å². The first-order valence-electron chi connectivity index (χ1n) is 8.49. The van der Waals surface area contributed by atoms with E-state index >= 15 is 0 Å². The predicted octanol–water partition coefficient (Wildman–Crippen LogP) is 2.02. The average Bonchev–Trinajstić information content (AvgIpc) is 2.58. The summed E-state index contributed by atoms with van der Waals surface area (Å²) in [5.41, 5.74) is 6.51. The van der Waals surface area contributed by atoms with Gasteiger partial charge in [-0.3, -0.25) is 9.79 Å². The molecule has 1 aromatic rings. The maximum atomic E-state index is 11.1. The zero-order chi connectivity index (χ0) is 17.4. The lowest BCUT2D eigenvalue weighted by molar-refractivity contribution is -0.119. The molecule has 25 heavy (non-hydrogen) atoms. The molecule has 1 fully saturated rings. The van der Waals surface area contributed by atoms with E-state index in [1.807, 2.05) is 18.2 Å². The SMILES string of the molecule is CN=C(NCCc1ccccc1OC)N1CCCC(CC(N)=O)C1.I. The minimum absolute atomic E-state index is 0. The van der Waals surface area contributed by atoms with Crippen molar-refractivity contribution in [2.75, 3.05) is 33.8 Å². The Morgan fingerprint density at radius 2 is 2.20 bits per heavy atom. The highest BCUT2D eigenvalue weighted by atomic mass is 127. The molecule has 1 aliphatic heterocycles. The zero-order valence-corrected chi connectivity index (χ0v) is 17.4. The van der Waals surface area contributed by atoms with E-state index in [4.69, 9.17) is 10.5 Å². The molecule has 0 radical (unpaired) electrons. The number of carbonyl (C=O) groups excluding carboxylic acids is 1. The molecule has 1 heterocycles. The van der Waals surface area contributed by atoms with Gasteiger partial charge in [-0.15, -0.1) is 24.0 Å². The van der Waals surface area contributed by atoms with Gasteiger partial charge in [0.05, 0.1) is 7.11 Å². The first-order valence-corrected chi connectivity index (χ1v) is 8.49. The molecule has 0 aliphatic carbocycles. The van der Waals surface area contributed by atoms with Crippen LogP contribution >= 0.6 is 24.0 Å². The van der Waals surface area contributed by atoms with Gasteiger partial charge in [-0.2, -0.15) is 0 Å². The van der Waals surface area contributed by atoms with Crippen LogP contribution in [-0.2, 0) is 11.2 Å². The Kier molecular flexibility index (Phi) is 9.62. The Hall–Kier alpha value is -1.51. The van der Waals surface area contributed by atoms with Crippen molar-refractivity contribution >= 4 is 35.8 Å². The molecular weight excluding hydrogens is 431 g/mol. The Bertz CT molecular complexity index is 580. The van der Waals surface area contributed by atoms with Gasteiger partial charge in [-0.05, 0) is 36.8 Å². The molecule has 1 amide bonds. The van der Waals surface area contributed by atoms with E-state index < -0.39 is 0 Å². The van der Waals surface area contributed by atoms with Crippen LogP contribution in [0.2, 0.25) is 0 Å². The number of rotatable bonds is 6. The summed E-state index contributed by atoms with van der Waals surface area (Å²) in [5, 5.41) is 3.42. The predicted molar refractivity (Wildman–Crippen MR) is 112 cm³/mol. The number of ether oxygens (including phenoxy) is 1. The molecule has 7 heteroatoms. The number of benzene rings is 1. The third-order valence-electron chi connectivity index (χ3n) is 4.39. The second kappa shape index (κ2) is 11.2. The second-order valence-corrected chi connectivity index (χ2v) is 6.16. The van der Waals surface area contributed by atoms with Crippen LogP contribution in [0.15, 0.2) is 29.3 Å². The number of para-hydroxylation sites is 1. The van der Waals surface area contributed by atoms with Gasteiger partial charge in [-0.25, -0.2) is 0 Å². The molecule has 1 saturated heterocycles. The van der Waals surface area contributed by atoms with Crippen LogP contribution < -0.4 is 15.8 Å². The van der Waals surface area contributed by atoms with E-state index in [1.165, 1.54) is 5.56 Å². The van der Waals surface area contributed by atoms with Gasteiger partial charge in [0, 0.05) is 33.1 Å². The minimum atomic E-state index is -0.221. The largest absolute Gasteiger partial charge is 0.496 e. The number of nitrogens with two attached hydrogens (primary N) is 1. The molecule has 1 atom stereocenters. The number of aliphatic imine (C=N–C) groups is 1. The number of primary amides is 1. The van der Waals surface area contributed by atoms with E-state index in [0.29, 0.717) is 12.3 Å². The standard InChI is InChI=1S/C18H28N4O2.HI/c1-20-18(22-11-5-6-14(13-22)12-17(19)23)21-10-9-15-7-3-4-8-16(15)24-2;/h3-4,7-8,14H,5-6,9-13H2,1-2H3,(H2,19,23)(H,20,21);1H. The maximum absolute atomic E-state index is 11.1. The van der Waals surface area contributed by atoms with Crippen molar-refractivity contribution in [2.24, 2.45) is 16.6 Å². The molecule has 0 spiro atoms. The highest BCUT2D eigenvalue weighted by molar-refractivity contribution is 14.0. The van der Waals surface area contributed by atoms with E-state index in [-0.39, 0.29) is 29.9 Å². The van der Waals surface area contributed by atoms with Crippen molar-refractivity contribution in [3.63, 3.8) is 0 Å². The lowest BCUT2D eigenvalue weighted by Crippen LogP contribution is -2.47. The number of guanidine groups is 1. The van der Waals surface area contributed by atoms with Gasteiger partial charge in [0.15, 0.2) is 5.96 Å². The highest BCUT2D eigenvalue weighted by Gasteiger charge is 2.23. The summed E-state index contributed by atoms with van der Waals surface area (Å²) in [6, 6.07) is 8.04. The van der Waals surface area contributed by atoms with Crippen LogP contribution in [0.1, 0.15) is 24.8 Å². The van der Waals surface area contributed by atoms with E-state index in [9.17, 15) is 4.79 Å². The number of hydrogen-bond donors (Lipinski definition) is 2. The third-order valence-corrected chi connectivity index (χ3v) is 4.39. The van der Waals surface area contributed by atoms with Crippen LogP contribution in [0, 0.1) is 5.92 Å². The Labute approximate surface area is 167 Å². The quantitative estimate of drug-likeness (QED) is 0.387. The lowest BCUT2D eigenvalue weighted by atomic mass is 9.95. The summed E-state index contributed by atoms with van der Waals surface area (Å²) in [6.07, 6.45) is 3.43. The second-order valence-electron chi connectivity index (χ2n) is 6.16. The number of carbonyl (C=O) groups is 1. The highest BCUT2D eigenvalue weighted by Crippen LogP contribution is 2.20. The summed E-state index contributed by atoms with van der Waals surface area (Å²) in [6.45, 7) is 2.57. The van der Waals surface area contributed by atoms with Crippen molar-refractivity contribution in [3.05, 3.63) is 29.8 Å². The fourth-order valence-corrected chi connectivity index (χ4v) is 3.26. The number of halogens is 1. The van der Waals surface area contributed by atoms with Crippen LogP contribution in [0.25, 0.3) is 0 Å². The van der Waals surface area contributed by atoms with Gasteiger partial charge in [0.25, 0.3) is 0 Å². The van der Waals surface area contributed by atoms with Crippen LogP contribution in [0.4, 0.5) is 0 Å². The number of methoxy groups -OCH3 is 1. The fraction of sp³-hybridized carbons (Fsp3) is 0.556. The van der Waals surface area contributed by atoms with E-state index in [0.717, 1.165) is 50.6 Å². The summed E-state index contributed by atoms with van der Waals surface area (Å²) >= 11 is 0. The van der Waals surface area contributed by atoms with Gasteiger partial charge >= 0.3 is 0 Å². The summed E-state index contributed by atoms with van der Waals surface area (Å²) < 4.78 is 5.38. The molecule has 2 rings (SSSR count). The Morgan fingerprint density at radius 1 is 1.44 bits per heavy atom. The van der Waals surface area contributed by atoms with Crippen molar-refractivity contribution in [1.82, 2.24) is 10.2 Å². The number of likely N-dealkylation sites (tertiary alicyclic amines) is 1. The third kappa shape index (κ3) is 6.72. The van der Waals surface area contributed by atoms with Crippen molar-refractivity contribution in [1.29, 1.82) is 0 Å². The summed E-state index contributed by atoms with van der Waals surface area (Å²) in [5.74, 6) is 1.90. The zero-order valence-electron chi connectivity index (χ0n) is 15.0. The monoisotopic (exact) mass is 460 g/mol. The fourth-order valence-electron chi connectivity index (χ4n) is 3.26. The summed E-state index contributed by atoms with van der Waals surface area (Å²) in [4.78, 5) is 17.8. The topological polar surface area (TPSA) is 80.0 Å². The molecule has 140 valence electrons. The lowest BCUT2D eigenvalue weighted by Gasteiger charge is -2.34. The molecule has 1 unspecified atom stereocenters. The molecule has 6 nitrogen and oxygen atoms in total. The molecule has 1 aromatic carbocycles. The first-order chi connectivity index (χ1) is 11.6. The first kappa shape index (κ1) is 21.5. The van der Waals surface area contributed by atoms with E-state index in [1.54, 1.807) is 14.2 Å². The average molecular weight is 460 g/mol. The summed E-state index contributed by atoms with van der Waals surface area (Å²) in [7, 11) is 3.49. The van der Waals surface area contributed by atoms with Gasteiger partial charge < -0.3 is 20.7 Å². The number of hydrogen-bond acceptors (Lipinski definition) is 3. The van der Waals surface area contributed by atoms with Gasteiger partial charge in [-0.1, -0.05) is 18.2 Å². The maximum Gasteiger partial charge on any atom is 0.217 e.